The lowest BCUT2D eigenvalue weighted by Crippen LogP contribution is -3.28. The molecule has 0 aromatic heterocycles. The number of nitrogens with one attached hydrogen (secondary N) is 3. The van der Waals surface area contributed by atoms with Gasteiger partial charge in [-0.2, -0.15) is 5.10 Å². The maximum atomic E-state index is 12.2. The highest BCUT2D eigenvalue weighted by atomic mass is 79.9. The molecule has 7 nitrogen and oxygen atoms in total. The number of ether oxygens (including phenoxy) is 1. The van der Waals surface area contributed by atoms with Crippen LogP contribution < -0.4 is 20.0 Å². The van der Waals surface area contributed by atoms with E-state index >= 15 is 0 Å². The van der Waals surface area contributed by atoms with Crippen LogP contribution in [0.25, 0.3) is 0 Å². The molecule has 1 aliphatic heterocycles. The van der Waals surface area contributed by atoms with Gasteiger partial charge >= 0.3 is 0 Å². The summed E-state index contributed by atoms with van der Waals surface area (Å²) in [6, 6.07) is 11.3. The number of carbonyl (C=O) groups is 1. The zero-order valence-electron chi connectivity index (χ0n) is 16.8. The van der Waals surface area contributed by atoms with Gasteiger partial charge in [0.05, 0.1) is 17.8 Å². The normalized spacial score (nSPS) is 19.0. The number of aromatic hydroxyl groups is 1. The van der Waals surface area contributed by atoms with E-state index in [1.165, 1.54) is 28.7 Å². The number of hydrazone groups is 1. The van der Waals surface area contributed by atoms with Gasteiger partial charge < -0.3 is 19.6 Å². The molecule has 2 aromatic rings. The molecule has 0 unspecified atom stereocenters. The second kappa shape index (κ2) is 10.8. The summed E-state index contributed by atoms with van der Waals surface area (Å²) in [6.07, 6.45) is 1.52. The summed E-state index contributed by atoms with van der Waals surface area (Å²) < 4.78 is 5.60. The lowest BCUT2D eigenvalue weighted by atomic mass is 10.2. The Hall–Kier alpha value is -2.13. The van der Waals surface area contributed by atoms with Gasteiger partial charge in [-0.05, 0) is 39.7 Å². The van der Waals surface area contributed by atoms with Crippen LogP contribution in [0.2, 0.25) is 5.02 Å². The first kappa shape index (κ1) is 22.6. The number of amides is 1. The number of halogens is 2. The van der Waals surface area contributed by atoms with Crippen molar-refractivity contribution < 1.29 is 24.4 Å². The number of rotatable bonds is 7. The Morgan fingerprint density at radius 2 is 1.97 bits per heavy atom. The molecule has 0 atom stereocenters. The molecular weight excluding hydrogens is 472 g/mol. The minimum atomic E-state index is -0.124. The topological polar surface area (TPSA) is 79.8 Å². The number of hydrogen-bond donors (Lipinski definition) is 4. The van der Waals surface area contributed by atoms with E-state index in [-0.39, 0.29) is 11.7 Å². The van der Waals surface area contributed by atoms with Gasteiger partial charge in [-0.25, -0.2) is 5.43 Å². The van der Waals surface area contributed by atoms with Gasteiger partial charge in [0.15, 0.2) is 18.0 Å². The van der Waals surface area contributed by atoms with Gasteiger partial charge in [0.1, 0.15) is 32.7 Å². The molecule has 0 spiro atoms. The summed E-state index contributed by atoms with van der Waals surface area (Å²) in [5.41, 5.74) is 4.44. The predicted molar refractivity (Wildman–Crippen MR) is 120 cm³/mol. The third-order valence-electron chi connectivity index (χ3n) is 5.15. The SMILES string of the molecule is COc1cc(C=NNC(=O)C[NH+]2CC[NH+](Cc3ccccc3Cl)CC2)cc(Br)c1O. The molecule has 0 aliphatic carbocycles. The van der Waals surface area contributed by atoms with Crippen LogP contribution in [-0.2, 0) is 11.3 Å². The second-order valence-electron chi connectivity index (χ2n) is 7.29. The van der Waals surface area contributed by atoms with Crippen LogP contribution in [0.1, 0.15) is 11.1 Å². The molecule has 160 valence electrons. The molecule has 1 aliphatic rings. The van der Waals surface area contributed by atoms with Crippen molar-refractivity contribution in [1.29, 1.82) is 0 Å². The van der Waals surface area contributed by atoms with Crippen molar-refractivity contribution >= 4 is 39.7 Å². The quantitative estimate of drug-likeness (QED) is 0.327. The summed E-state index contributed by atoms with van der Waals surface area (Å²) in [5, 5.41) is 14.7. The average Bonchev–Trinajstić information content (AvgIpc) is 2.73. The van der Waals surface area contributed by atoms with Crippen molar-refractivity contribution in [3.8, 4) is 11.5 Å². The average molecular weight is 498 g/mol. The van der Waals surface area contributed by atoms with E-state index in [9.17, 15) is 9.90 Å². The van der Waals surface area contributed by atoms with Gasteiger partial charge in [0.2, 0.25) is 0 Å². The van der Waals surface area contributed by atoms with E-state index in [0.717, 1.165) is 37.7 Å². The summed E-state index contributed by atoms with van der Waals surface area (Å²) in [6.45, 7) is 5.16. The summed E-state index contributed by atoms with van der Waals surface area (Å²) >= 11 is 9.52. The van der Waals surface area contributed by atoms with Crippen molar-refractivity contribution in [2.75, 3.05) is 39.8 Å². The van der Waals surface area contributed by atoms with E-state index in [4.69, 9.17) is 16.3 Å². The number of methoxy groups -OCH3 is 1. The number of phenols is 1. The lowest BCUT2D eigenvalue weighted by Gasteiger charge is -2.29. The highest BCUT2D eigenvalue weighted by Gasteiger charge is 2.25. The number of quaternary nitrogens is 2. The van der Waals surface area contributed by atoms with Gasteiger partial charge in [-0.3, -0.25) is 4.79 Å². The molecule has 0 radical (unpaired) electrons. The van der Waals surface area contributed by atoms with Crippen LogP contribution in [0, 0.1) is 0 Å². The first-order valence-corrected chi connectivity index (χ1v) is 10.9. The van der Waals surface area contributed by atoms with E-state index < -0.39 is 0 Å². The van der Waals surface area contributed by atoms with Gasteiger partial charge in [-0.15, -0.1) is 0 Å². The van der Waals surface area contributed by atoms with E-state index in [0.29, 0.717) is 22.3 Å². The third-order valence-corrected chi connectivity index (χ3v) is 6.12. The third kappa shape index (κ3) is 6.18. The van der Waals surface area contributed by atoms with Crippen LogP contribution in [0.4, 0.5) is 0 Å². The van der Waals surface area contributed by atoms with Crippen molar-refractivity contribution in [1.82, 2.24) is 5.43 Å². The molecule has 9 heteroatoms. The Bertz CT molecular complexity index is 917. The second-order valence-corrected chi connectivity index (χ2v) is 8.55. The van der Waals surface area contributed by atoms with Gasteiger partial charge in [0.25, 0.3) is 5.91 Å². The molecule has 0 bridgehead atoms. The first-order chi connectivity index (χ1) is 14.5. The summed E-state index contributed by atoms with van der Waals surface area (Å²) in [7, 11) is 1.48. The highest BCUT2D eigenvalue weighted by Crippen LogP contribution is 2.34. The van der Waals surface area contributed by atoms with Crippen LogP contribution in [0.15, 0.2) is 46.0 Å². The molecule has 1 saturated heterocycles. The standard InChI is InChI=1S/C21H24BrClN4O3/c1-30-19-11-15(10-17(22)21(19)29)12-24-25-20(28)14-27-8-6-26(7-9-27)13-16-4-2-3-5-18(16)23/h2-5,10-12,29H,6-9,13-14H2,1H3,(H,25,28)/p+2. The fourth-order valence-corrected chi connectivity index (χ4v) is 4.15. The molecule has 2 aromatic carbocycles. The van der Waals surface area contributed by atoms with Crippen LogP contribution in [0.5, 0.6) is 11.5 Å². The number of carbonyl (C=O) groups excluding carboxylic acids is 1. The molecule has 1 heterocycles. The van der Waals surface area contributed by atoms with Crippen LogP contribution >= 0.6 is 27.5 Å². The van der Waals surface area contributed by atoms with Gasteiger partial charge in [0, 0.05) is 10.6 Å². The largest absolute Gasteiger partial charge is 0.503 e. The highest BCUT2D eigenvalue weighted by molar-refractivity contribution is 9.10. The predicted octanol–water partition coefficient (Wildman–Crippen LogP) is 0.250. The van der Waals surface area contributed by atoms with Crippen LogP contribution in [0.3, 0.4) is 0 Å². The fourth-order valence-electron chi connectivity index (χ4n) is 3.49. The van der Waals surface area contributed by atoms with Crippen molar-refractivity contribution in [3.05, 3.63) is 57.0 Å². The maximum Gasteiger partial charge on any atom is 0.295 e. The summed E-state index contributed by atoms with van der Waals surface area (Å²) in [4.78, 5) is 15.0. The number of piperazine rings is 1. The maximum absolute atomic E-state index is 12.2. The Balaban J connectivity index is 1.43. The van der Waals surface area contributed by atoms with E-state index in [1.54, 1.807) is 12.1 Å². The first-order valence-electron chi connectivity index (χ1n) is 9.75. The smallest absolute Gasteiger partial charge is 0.295 e. The van der Waals surface area contributed by atoms with Crippen molar-refractivity contribution in [3.63, 3.8) is 0 Å². The Morgan fingerprint density at radius 3 is 2.67 bits per heavy atom. The lowest BCUT2D eigenvalue weighted by molar-refractivity contribution is -1.02. The molecule has 1 amide bonds. The number of benzene rings is 2. The molecular formula is C21H26BrClN4O3+2. The molecule has 1 fully saturated rings. The van der Waals surface area contributed by atoms with Crippen molar-refractivity contribution in [2.24, 2.45) is 5.10 Å². The molecule has 3 rings (SSSR count). The van der Waals surface area contributed by atoms with Crippen molar-refractivity contribution in [2.45, 2.75) is 6.54 Å². The van der Waals surface area contributed by atoms with E-state index in [2.05, 4.69) is 32.5 Å². The number of nitrogens with zero attached hydrogens (tertiary/aromatic N) is 1. The minimum absolute atomic E-state index is 0.0260. The Kier molecular flexibility index (Phi) is 8.09. The number of phenolic OH excluding ortho intramolecular Hbond substituents is 1. The van der Waals surface area contributed by atoms with Gasteiger partial charge in [-0.1, -0.05) is 29.8 Å². The molecule has 30 heavy (non-hydrogen) atoms. The van der Waals surface area contributed by atoms with Crippen LogP contribution in [-0.4, -0.2) is 57.1 Å². The Morgan fingerprint density at radius 1 is 1.27 bits per heavy atom. The number of hydrogen-bond acceptors (Lipinski definition) is 4. The zero-order valence-corrected chi connectivity index (χ0v) is 19.1. The molecule has 0 saturated carbocycles. The molecule has 4 N–H and O–H groups in total. The monoisotopic (exact) mass is 496 g/mol. The summed E-state index contributed by atoms with van der Waals surface area (Å²) in [5.74, 6) is 0.234. The zero-order chi connectivity index (χ0) is 21.5. The van der Waals surface area contributed by atoms with E-state index in [1.807, 2.05) is 18.2 Å². The fraction of sp³-hybridized carbons (Fsp3) is 0.333. The minimum Gasteiger partial charge on any atom is -0.503 e. The Labute approximate surface area is 189 Å².